The van der Waals surface area contributed by atoms with Crippen molar-refractivity contribution in [3.05, 3.63) is 153 Å². The number of allylic oxidation sites excluding steroid dienone is 18. The van der Waals surface area contributed by atoms with Crippen LogP contribution in [0, 0.1) is 40.4 Å². The summed E-state index contributed by atoms with van der Waals surface area (Å²) in [6.07, 6.45) is 50.7. The normalized spacial score (nSPS) is 37.1. The number of fused-ring (bicyclic) bond motifs is 6. The van der Waals surface area contributed by atoms with Gasteiger partial charge in [-0.05, 0) is 170 Å². The number of rotatable bonds is 5. The first-order valence-electron chi connectivity index (χ1n) is 23.2. The molecule has 0 saturated heterocycles. The van der Waals surface area contributed by atoms with E-state index in [1.165, 1.54) is 95.6 Å². The quantitative estimate of drug-likeness (QED) is 0.272. The first-order chi connectivity index (χ1) is 27.3. The second-order valence-electron chi connectivity index (χ2n) is 20.6. The van der Waals surface area contributed by atoms with E-state index in [1.54, 1.807) is 39.1 Å². The lowest BCUT2D eigenvalue weighted by Gasteiger charge is -2.57. The van der Waals surface area contributed by atoms with E-state index in [-0.39, 0.29) is 16.2 Å². The zero-order chi connectivity index (χ0) is 37.8. The molecule has 1 aromatic carbocycles. The maximum atomic E-state index is 3.01. The van der Waals surface area contributed by atoms with Gasteiger partial charge in [0, 0.05) is 28.1 Å². The summed E-state index contributed by atoms with van der Waals surface area (Å²) in [6, 6.07) is 9.72. The Kier molecular flexibility index (Phi) is 8.40. The summed E-state index contributed by atoms with van der Waals surface area (Å²) in [5.74, 6) is 3.81. The van der Waals surface area contributed by atoms with E-state index in [0.717, 1.165) is 24.2 Å². The molecule has 11 rings (SSSR count). The molecule has 0 heterocycles. The standard InChI is InChI=1S/C55H65N/c1-53(2)45-24-12-8-20-39(45)43-32-30-37(34-50(43)53)56(38-31-33-44-40-21-9-13-25-46(40)54(3,4)51(44)35-38)52-29-17-16-28-49(52)55(36-18-6-5-7-19-36)47-26-14-10-22-41(47)42-23-11-15-27-48(42)55/h5-6,8,10,12-13,17,20,22,24-25,29-30,32,34-36,42-43,48-50,52H,7,9,11,14-16,18-19,21,23,26-28,31,33H2,1-4H3. The average molecular weight is 740 g/mol. The molecular weight excluding hydrogens is 675 g/mol. The second kappa shape index (κ2) is 13.2. The van der Waals surface area contributed by atoms with Crippen molar-refractivity contribution in [1.29, 1.82) is 0 Å². The summed E-state index contributed by atoms with van der Waals surface area (Å²) in [6.45, 7) is 10.1. The maximum absolute atomic E-state index is 3.01. The Balaban J connectivity index is 1.10. The zero-order valence-electron chi connectivity index (χ0n) is 34.8. The first-order valence-corrected chi connectivity index (χ1v) is 23.2. The lowest BCUT2D eigenvalue weighted by molar-refractivity contribution is -0.0202. The molecule has 8 atom stereocenters. The number of nitrogens with zero attached hydrogens (tertiary/aromatic N) is 1. The van der Waals surface area contributed by atoms with Crippen molar-refractivity contribution < 1.29 is 0 Å². The molecule has 8 unspecified atom stereocenters. The van der Waals surface area contributed by atoms with Crippen LogP contribution in [0.1, 0.15) is 141 Å². The lowest BCUT2D eigenvalue weighted by Crippen LogP contribution is -2.54. The Labute approximate surface area is 338 Å². The third-order valence-electron chi connectivity index (χ3n) is 17.6. The van der Waals surface area contributed by atoms with Crippen molar-refractivity contribution >= 4 is 0 Å². The number of hydrogen-bond acceptors (Lipinski definition) is 1. The summed E-state index contributed by atoms with van der Waals surface area (Å²) in [5.41, 5.74) is 16.9. The minimum atomic E-state index is 0.0578. The van der Waals surface area contributed by atoms with Gasteiger partial charge in [0.1, 0.15) is 0 Å². The van der Waals surface area contributed by atoms with E-state index in [4.69, 9.17) is 0 Å². The van der Waals surface area contributed by atoms with E-state index < -0.39 is 0 Å². The molecule has 1 aromatic rings. The Hall–Kier alpha value is -3.58. The molecule has 1 saturated carbocycles. The molecule has 0 bridgehead atoms. The molecule has 56 heavy (non-hydrogen) atoms. The van der Waals surface area contributed by atoms with Crippen molar-refractivity contribution in [2.24, 2.45) is 40.4 Å². The fourth-order valence-electron chi connectivity index (χ4n) is 15.3. The molecule has 10 aliphatic rings. The fourth-order valence-corrected chi connectivity index (χ4v) is 15.3. The lowest BCUT2D eigenvalue weighted by atomic mass is 9.49. The highest BCUT2D eigenvalue weighted by Crippen LogP contribution is 2.69. The van der Waals surface area contributed by atoms with E-state index in [2.05, 4.69) is 130 Å². The number of hydrogen-bond donors (Lipinski definition) is 0. The van der Waals surface area contributed by atoms with Gasteiger partial charge in [0.05, 0.1) is 6.04 Å². The molecule has 290 valence electrons. The molecule has 0 aliphatic heterocycles. The van der Waals surface area contributed by atoms with Crippen LogP contribution in [0.3, 0.4) is 0 Å². The molecule has 1 heteroatoms. The van der Waals surface area contributed by atoms with Crippen LogP contribution in [-0.2, 0) is 5.41 Å². The Bertz CT molecular complexity index is 2140. The van der Waals surface area contributed by atoms with Gasteiger partial charge in [0.15, 0.2) is 0 Å². The first kappa shape index (κ1) is 35.6. The van der Waals surface area contributed by atoms with Crippen LogP contribution in [0.15, 0.2) is 142 Å². The van der Waals surface area contributed by atoms with Gasteiger partial charge in [-0.15, -0.1) is 0 Å². The molecule has 1 nitrogen and oxygen atoms in total. The second-order valence-corrected chi connectivity index (χ2v) is 20.6. The Morgan fingerprint density at radius 2 is 1.50 bits per heavy atom. The highest BCUT2D eigenvalue weighted by atomic mass is 15.2. The summed E-state index contributed by atoms with van der Waals surface area (Å²) >= 11 is 0. The van der Waals surface area contributed by atoms with E-state index in [1.807, 2.05) is 11.1 Å². The Morgan fingerprint density at radius 1 is 0.679 bits per heavy atom. The zero-order valence-corrected chi connectivity index (χ0v) is 34.8. The number of benzene rings is 1. The fraction of sp³-hybridized carbons (Fsp3) is 0.527. The molecule has 1 fully saturated rings. The summed E-state index contributed by atoms with van der Waals surface area (Å²) < 4.78 is 0. The van der Waals surface area contributed by atoms with Gasteiger partial charge >= 0.3 is 0 Å². The highest BCUT2D eigenvalue weighted by molar-refractivity contribution is 5.63. The molecule has 0 amide bonds. The van der Waals surface area contributed by atoms with Crippen LogP contribution in [0.2, 0.25) is 0 Å². The van der Waals surface area contributed by atoms with Crippen LogP contribution in [-0.4, -0.2) is 10.9 Å². The van der Waals surface area contributed by atoms with Crippen LogP contribution < -0.4 is 0 Å². The topological polar surface area (TPSA) is 3.24 Å². The van der Waals surface area contributed by atoms with E-state index in [9.17, 15) is 0 Å². The van der Waals surface area contributed by atoms with Gasteiger partial charge in [-0.25, -0.2) is 0 Å². The third-order valence-corrected chi connectivity index (χ3v) is 17.6. The third kappa shape index (κ3) is 4.97. The van der Waals surface area contributed by atoms with Crippen molar-refractivity contribution in [1.82, 2.24) is 4.90 Å². The van der Waals surface area contributed by atoms with Crippen LogP contribution in [0.4, 0.5) is 0 Å². The monoisotopic (exact) mass is 740 g/mol. The smallest absolute Gasteiger partial charge is 0.0555 e. The van der Waals surface area contributed by atoms with E-state index in [0.29, 0.717) is 23.8 Å². The average Bonchev–Trinajstić information content (AvgIpc) is 3.76. The molecule has 10 aliphatic carbocycles. The molecule has 0 radical (unpaired) electrons. The predicted octanol–water partition coefficient (Wildman–Crippen LogP) is 14.2. The van der Waals surface area contributed by atoms with Crippen LogP contribution >= 0.6 is 0 Å². The van der Waals surface area contributed by atoms with Crippen LogP contribution in [0.5, 0.6) is 0 Å². The minimum absolute atomic E-state index is 0.0578. The maximum Gasteiger partial charge on any atom is 0.0555 e. The Morgan fingerprint density at radius 3 is 2.39 bits per heavy atom. The van der Waals surface area contributed by atoms with Crippen molar-refractivity contribution in [3.8, 4) is 0 Å². The SMILES string of the molecule is CC1(C)C2=C(CCC=C2)C2=C1C=C(N(C1=CC3C(C=C1)c1ccccc1C3(C)C)C1C=CCCC1C1(C3CC=CCC3)C3=C(C=CCC3)C3CCCCC31)CC2. The van der Waals surface area contributed by atoms with Crippen molar-refractivity contribution in [2.75, 3.05) is 0 Å². The summed E-state index contributed by atoms with van der Waals surface area (Å²) in [7, 11) is 0. The molecule has 0 aromatic heterocycles. The summed E-state index contributed by atoms with van der Waals surface area (Å²) in [5, 5.41) is 0. The minimum Gasteiger partial charge on any atom is -0.338 e. The van der Waals surface area contributed by atoms with Gasteiger partial charge in [0.25, 0.3) is 0 Å². The van der Waals surface area contributed by atoms with Crippen molar-refractivity contribution in [2.45, 2.75) is 141 Å². The van der Waals surface area contributed by atoms with Gasteiger partial charge in [-0.1, -0.05) is 131 Å². The molecule has 0 spiro atoms. The van der Waals surface area contributed by atoms with Gasteiger partial charge in [-0.3, -0.25) is 0 Å². The van der Waals surface area contributed by atoms with Gasteiger partial charge in [0.2, 0.25) is 0 Å². The summed E-state index contributed by atoms with van der Waals surface area (Å²) in [4.78, 5) is 3.01. The largest absolute Gasteiger partial charge is 0.338 e. The van der Waals surface area contributed by atoms with Gasteiger partial charge in [-0.2, -0.15) is 0 Å². The van der Waals surface area contributed by atoms with E-state index >= 15 is 0 Å². The highest BCUT2D eigenvalue weighted by Gasteiger charge is 2.62. The molecular formula is C55H65N. The van der Waals surface area contributed by atoms with Crippen molar-refractivity contribution in [3.63, 3.8) is 0 Å². The van der Waals surface area contributed by atoms with Gasteiger partial charge < -0.3 is 4.90 Å². The predicted molar refractivity (Wildman–Crippen MR) is 234 cm³/mol. The molecule has 0 N–H and O–H groups in total. The van der Waals surface area contributed by atoms with Crippen LogP contribution in [0.25, 0.3) is 0 Å².